The number of fused-ring (bicyclic) bond motifs is 2. The number of hydrogen-bond acceptors (Lipinski definition) is 2. The molecule has 1 N–H and O–H groups in total. The Morgan fingerprint density at radius 1 is 1.35 bits per heavy atom. The quantitative estimate of drug-likeness (QED) is 0.734. The highest BCUT2D eigenvalue weighted by Crippen LogP contribution is 2.49. The average Bonchev–Trinajstić information content (AvgIpc) is 2.76. The van der Waals surface area contributed by atoms with Crippen molar-refractivity contribution in [2.45, 2.75) is 37.1 Å². The summed E-state index contributed by atoms with van der Waals surface area (Å²) in [5.74, 6) is 1.56. The summed E-state index contributed by atoms with van der Waals surface area (Å²) < 4.78 is 0. The van der Waals surface area contributed by atoms with Gasteiger partial charge in [0.05, 0.1) is 0 Å². The van der Waals surface area contributed by atoms with E-state index in [0.29, 0.717) is 0 Å². The monoisotopic (exact) mass is 228 g/mol. The van der Waals surface area contributed by atoms with E-state index in [9.17, 15) is 0 Å². The van der Waals surface area contributed by atoms with Gasteiger partial charge in [0.1, 0.15) is 0 Å². The van der Waals surface area contributed by atoms with Gasteiger partial charge in [-0.1, -0.05) is 12.1 Å². The number of anilines is 1. The van der Waals surface area contributed by atoms with Gasteiger partial charge in [0, 0.05) is 24.2 Å². The van der Waals surface area contributed by atoms with E-state index in [1.165, 1.54) is 31.5 Å². The van der Waals surface area contributed by atoms with E-state index in [1.807, 2.05) is 0 Å². The lowest BCUT2D eigenvalue weighted by molar-refractivity contribution is 0.136. The van der Waals surface area contributed by atoms with Crippen LogP contribution in [0.25, 0.3) is 0 Å². The maximum absolute atomic E-state index is 3.59. The Kier molecular flexibility index (Phi) is 2.04. The molecule has 4 rings (SSSR count). The van der Waals surface area contributed by atoms with Gasteiger partial charge >= 0.3 is 0 Å². The highest BCUT2D eigenvalue weighted by molar-refractivity contribution is 5.63. The molecule has 1 fully saturated rings. The first-order valence-electron chi connectivity index (χ1n) is 6.91. The standard InChI is InChI=1S/C15H20N2/c1-17-7-3-5-11-12-4-2-6-13-15(12)10(9-16-13)8-14(11)17/h2,4,6,10-11,14,16H,3,5,7-9H2,1H3/t10?,11-,14-/m1/s1. The fourth-order valence-electron chi connectivity index (χ4n) is 4.28. The molecule has 2 aliphatic heterocycles. The van der Waals surface area contributed by atoms with E-state index in [2.05, 4.69) is 35.5 Å². The number of hydrogen-bond donors (Lipinski definition) is 1. The van der Waals surface area contributed by atoms with Gasteiger partial charge in [-0.05, 0) is 56.0 Å². The third-order valence-corrected chi connectivity index (χ3v) is 5.07. The van der Waals surface area contributed by atoms with Crippen molar-refractivity contribution in [1.82, 2.24) is 4.90 Å². The average molecular weight is 228 g/mol. The third kappa shape index (κ3) is 1.30. The second-order valence-electron chi connectivity index (χ2n) is 5.92. The zero-order valence-corrected chi connectivity index (χ0v) is 10.4. The number of rotatable bonds is 0. The first-order chi connectivity index (χ1) is 8.34. The van der Waals surface area contributed by atoms with Crippen LogP contribution < -0.4 is 5.32 Å². The first kappa shape index (κ1) is 9.95. The molecule has 1 saturated heterocycles. The normalized spacial score (nSPS) is 35.0. The fourth-order valence-corrected chi connectivity index (χ4v) is 4.28. The lowest BCUT2D eigenvalue weighted by Gasteiger charge is -2.44. The van der Waals surface area contributed by atoms with Gasteiger partial charge in [0.2, 0.25) is 0 Å². The Bertz CT molecular complexity index is 454. The molecule has 1 unspecified atom stereocenters. The molecule has 2 heterocycles. The van der Waals surface area contributed by atoms with E-state index in [0.717, 1.165) is 24.4 Å². The summed E-state index contributed by atoms with van der Waals surface area (Å²) in [5.41, 5.74) is 4.73. The summed E-state index contributed by atoms with van der Waals surface area (Å²) in [5, 5.41) is 3.59. The van der Waals surface area contributed by atoms with Crippen LogP contribution in [0.2, 0.25) is 0 Å². The number of likely N-dealkylation sites (tertiary alicyclic amines) is 1. The lowest BCUT2D eigenvalue weighted by atomic mass is 9.71. The highest BCUT2D eigenvalue weighted by atomic mass is 15.1. The summed E-state index contributed by atoms with van der Waals surface area (Å²) in [6, 6.07) is 7.66. The van der Waals surface area contributed by atoms with Crippen molar-refractivity contribution in [1.29, 1.82) is 0 Å². The minimum Gasteiger partial charge on any atom is -0.384 e. The molecule has 3 aliphatic rings. The van der Waals surface area contributed by atoms with Crippen LogP contribution in [0.15, 0.2) is 18.2 Å². The number of nitrogens with one attached hydrogen (secondary N) is 1. The third-order valence-electron chi connectivity index (χ3n) is 5.07. The molecule has 17 heavy (non-hydrogen) atoms. The molecule has 1 aromatic carbocycles. The second kappa shape index (κ2) is 3.49. The Morgan fingerprint density at radius 3 is 3.24 bits per heavy atom. The van der Waals surface area contributed by atoms with Crippen LogP contribution in [0.5, 0.6) is 0 Å². The van der Waals surface area contributed by atoms with Gasteiger partial charge in [0.25, 0.3) is 0 Å². The Balaban J connectivity index is 1.85. The van der Waals surface area contributed by atoms with E-state index < -0.39 is 0 Å². The molecule has 3 atom stereocenters. The zero-order valence-electron chi connectivity index (χ0n) is 10.4. The molecule has 0 aromatic heterocycles. The van der Waals surface area contributed by atoms with Crippen molar-refractivity contribution >= 4 is 5.69 Å². The molecule has 0 spiro atoms. The molecule has 0 radical (unpaired) electrons. The zero-order chi connectivity index (χ0) is 11.4. The Hall–Kier alpha value is -1.02. The first-order valence-corrected chi connectivity index (χ1v) is 6.91. The maximum Gasteiger partial charge on any atom is 0.0379 e. The van der Waals surface area contributed by atoms with Crippen molar-refractivity contribution in [3.05, 3.63) is 29.3 Å². The van der Waals surface area contributed by atoms with Gasteiger partial charge in [0.15, 0.2) is 0 Å². The van der Waals surface area contributed by atoms with Crippen molar-refractivity contribution in [3.8, 4) is 0 Å². The predicted octanol–water partition coefficient (Wildman–Crippen LogP) is 2.78. The van der Waals surface area contributed by atoms with E-state index in [-0.39, 0.29) is 0 Å². The largest absolute Gasteiger partial charge is 0.384 e. The van der Waals surface area contributed by atoms with Gasteiger partial charge < -0.3 is 10.2 Å². The Labute approximate surface area is 103 Å². The summed E-state index contributed by atoms with van der Waals surface area (Å²) in [6.07, 6.45) is 4.11. The van der Waals surface area contributed by atoms with Crippen LogP contribution in [0.3, 0.4) is 0 Å². The summed E-state index contributed by atoms with van der Waals surface area (Å²) >= 11 is 0. The van der Waals surface area contributed by atoms with Gasteiger partial charge in [-0.25, -0.2) is 0 Å². The van der Waals surface area contributed by atoms with Crippen LogP contribution in [0.1, 0.15) is 42.2 Å². The minimum atomic E-state index is 0.767. The number of nitrogens with zero attached hydrogens (tertiary/aromatic N) is 1. The van der Waals surface area contributed by atoms with Crippen molar-refractivity contribution in [2.24, 2.45) is 0 Å². The fraction of sp³-hybridized carbons (Fsp3) is 0.600. The molecule has 2 nitrogen and oxygen atoms in total. The van der Waals surface area contributed by atoms with Gasteiger partial charge in [-0.15, -0.1) is 0 Å². The topological polar surface area (TPSA) is 15.3 Å². The molecular formula is C15H20N2. The van der Waals surface area contributed by atoms with Crippen LogP contribution in [0, 0.1) is 0 Å². The molecule has 90 valence electrons. The van der Waals surface area contributed by atoms with Gasteiger partial charge in [-0.3, -0.25) is 0 Å². The summed E-state index contributed by atoms with van der Waals surface area (Å²) in [7, 11) is 2.31. The van der Waals surface area contributed by atoms with Crippen molar-refractivity contribution in [2.75, 3.05) is 25.5 Å². The molecule has 0 amide bonds. The number of benzene rings is 1. The number of likely N-dealkylation sites (N-methyl/N-ethyl adjacent to an activating group) is 1. The van der Waals surface area contributed by atoms with Crippen molar-refractivity contribution < 1.29 is 0 Å². The Morgan fingerprint density at radius 2 is 2.29 bits per heavy atom. The van der Waals surface area contributed by atoms with E-state index in [4.69, 9.17) is 0 Å². The van der Waals surface area contributed by atoms with Crippen LogP contribution in [0.4, 0.5) is 5.69 Å². The van der Waals surface area contributed by atoms with Gasteiger partial charge in [-0.2, -0.15) is 0 Å². The maximum atomic E-state index is 3.59. The number of piperidine rings is 1. The summed E-state index contributed by atoms with van der Waals surface area (Å²) in [4.78, 5) is 2.60. The SMILES string of the molecule is CN1CCC[C@@H]2c3cccc4c3C(CN4)C[C@H]21. The molecule has 2 heteroatoms. The molecule has 0 saturated carbocycles. The van der Waals surface area contributed by atoms with E-state index in [1.54, 1.807) is 11.1 Å². The summed E-state index contributed by atoms with van der Waals surface area (Å²) in [6.45, 7) is 2.44. The molecule has 1 aliphatic carbocycles. The van der Waals surface area contributed by atoms with Crippen molar-refractivity contribution in [3.63, 3.8) is 0 Å². The molecule has 0 bridgehead atoms. The minimum absolute atomic E-state index is 0.767. The predicted molar refractivity (Wildman–Crippen MR) is 70.7 cm³/mol. The van der Waals surface area contributed by atoms with E-state index >= 15 is 0 Å². The molecular weight excluding hydrogens is 208 g/mol. The van der Waals surface area contributed by atoms with Crippen LogP contribution in [-0.2, 0) is 0 Å². The van der Waals surface area contributed by atoms with Crippen LogP contribution in [-0.4, -0.2) is 31.1 Å². The lowest BCUT2D eigenvalue weighted by Crippen LogP contribution is -2.44. The highest BCUT2D eigenvalue weighted by Gasteiger charge is 2.41. The smallest absolute Gasteiger partial charge is 0.0379 e. The second-order valence-corrected chi connectivity index (χ2v) is 5.92. The molecule has 1 aromatic rings. The van der Waals surface area contributed by atoms with Crippen LogP contribution >= 0.6 is 0 Å².